The molecule has 0 aromatic heterocycles. The van der Waals surface area contributed by atoms with Crippen molar-refractivity contribution in [3.8, 4) is 17.2 Å². The van der Waals surface area contributed by atoms with Gasteiger partial charge in [-0.1, -0.05) is 82.8 Å². The molecule has 8 aromatic carbocycles. The molecule has 8 aromatic rings. The van der Waals surface area contributed by atoms with Crippen LogP contribution in [0.1, 0.15) is 121 Å². The Morgan fingerprint density at radius 3 is 1.08 bits per heavy atom. The Bertz CT molecular complexity index is 3320. The molecule has 88 heavy (non-hydrogen) atoms. The Balaban J connectivity index is 0.000000504. The molecule has 0 spiro atoms. The highest BCUT2D eigenvalue weighted by molar-refractivity contribution is 9.10. The number of ether oxygens (including phenoxy) is 3. The number of rotatable bonds is 16. The quantitative estimate of drug-likeness (QED) is 0.0514. The van der Waals surface area contributed by atoms with Crippen molar-refractivity contribution in [1.29, 1.82) is 0 Å². The monoisotopic (exact) mass is 1460 g/mol. The van der Waals surface area contributed by atoms with Crippen LogP contribution >= 0.6 is 132 Å². The van der Waals surface area contributed by atoms with Crippen LogP contribution in [0.25, 0.3) is 0 Å². The molecule has 0 aliphatic rings. The predicted octanol–water partition coefficient (Wildman–Crippen LogP) is 20.7. The van der Waals surface area contributed by atoms with E-state index in [9.17, 15) is 42.7 Å². The number of hydrogen-bond acceptors (Lipinski definition) is 11. The smallest absolute Gasteiger partial charge is 0.252 e. The Labute approximate surface area is 568 Å². The summed E-state index contributed by atoms with van der Waals surface area (Å²) in [4.78, 5) is 84.5. The number of halogens is 12. The largest absolute Gasteiger partial charge is 0.497 e. The summed E-state index contributed by atoms with van der Waals surface area (Å²) in [6, 6.07) is 52.6. The number of unbranched alkanes of at least 4 members (excludes halogenated alkanes) is 1. The summed E-state index contributed by atoms with van der Waals surface area (Å²) in [7, 11) is 1.57. The van der Waals surface area contributed by atoms with Gasteiger partial charge in [-0.2, -0.15) is 0 Å². The molecule has 0 amide bonds. The topological polar surface area (TPSA) is 164 Å². The van der Waals surface area contributed by atoms with Crippen molar-refractivity contribution in [3.05, 3.63) is 265 Å². The third-order valence-corrected chi connectivity index (χ3v) is 13.2. The van der Waals surface area contributed by atoms with Gasteiger partial charge in [0.15, 0.2) is 0 Å². The Hall–Kier alpha value is -6.17. The van der Waals surface area contributed by atoms with E-state index in [-0.39, 0.29) is 5.82 Å². The standard InChI is InChI=1S/C11H13ClO2.C9H9ClO2.C8H6Cl2O.C8H7ClO2.C8H7ClO.C7H4BrClO.C7H4Cl2O.C7H4ClFO/c1-2-3-8-14-10-6-4-9(5-7-10)11(12)13;1-2-12-8-5-3-7(4-6-8)9(10)11;9-5-6-2-1-3-7(4-6)8(10)11;1-11-7-4-2-6(3-5-7)8(9)10;1-6-3-2-4-7(5-6)8(9)10;2*8-6-3-1-5(2-4-6)7(9)10;8-7(10)5-1-3-6(9)4-2-5/h4-7H,2-3,8H2,1H3;3-6H,2H2,1H3;1-4H,5H2;2-5H,1H3;2-5H,1H3;3*1-4H. The maximum absolute atomic E-state index is 12.2. The molecular formula is C65H54BrCl10FO11. The highest BCUT2D eigenvalue weighted by Crippen LogP contribution is 2.18. The number of benzene rings is 8. The molecule has 23 heteroatoms. The third kappa shape index (κ3) is 35.7. The van der Waals surface area contributed by atoms with Crippen LogP contribution in [0.15, 0.2) is 199 Å². The summed E-state index contributed by atoms with van der Waals surface area (Å²) in [6.45, 7) is 7.27. The van der Waals surface area contributed by atoms with Gasteiger partial charge in [0, 0.05) is 59.9 Å². The molecule has 11 nitrogen and oxygen atoms in total. The van der Waals surface area contributed by atoms with Gasteiger partial charge in [0.1, 0.15) is 23.1 Å². The molecule has 0 N–H and O–H groups in total. The third-order valence-electron chi connectivity index (χ3n) is 10.3. The molecule has 0 unspecified atom stereocenters. The van der Waals surface area contributed by atoms with Crippen LogP contribution in [-0.2, 0) is 5.88 Å². The fourth-order valence-corrected chi connectivity index (χ4v) is 7.42. The Kier molecular flexibility index (Phi) is 41.7. The number of aryl methyl sites for hydroxylation is 1. The zero-order chi connectivity index (χ0) is 66.1. The fourth-order valence-electron chi connectivity index (χ4n) is 5.87. The molecular weight excluding hydrogens is 1410 g/mol. The van der Waals surface area contributed by atoms with E-state index in [1.54, 1.807) is 159 Å². The van der Waals surface area contributed by atoms with Gasteiger partial charge in [-0.3, -0.25) is 38.4 Å². The number of methoxy groups -OCH3 is 1. The fraction of sp³-hybridized carbons (Fsp3) is 0.138. The van der Waals surface area contributed by atoms with Crippen molar-refractivity contribution in [3.63, 3.8) is 0 Å². The highest BCUT2D eigenvalue weighted by Gasteiger charge is 2.06. The highest BCUT2D eigenvalue weighted by atomic mass is 79.9. The minimum absolute atomic E-state index is 0.308. The Morgan fingerprint density at radius 2 is 0.750 bits per heavy atom. The van der Waals surface area contributed by atoms with Gasteiger partial charge >= 0.3 is 0 Å². The summed E-state index contributed by atoms with van der Waals surface area (Å²) < 4.78 is 28.6. The van der Waals surface area contributed by atoms with Crippen LogP contribution in [0.4, 0.5) is 4.39 Å². The average Bonchev–Trinajstić information content (AvgIpc) is 3.52. The second-order valence-corrected chi connectivity index (χ2v) is 21.2. The molecule has 0 heterocycles. The van der Waals surface area contributed by atoms with Gasteiger partial charge in [-0.25, -0.2) is 4.39 Å². The molecule has 8 rings (SSSR count). The maximum atomic E-state index is 12.2. The van der Waals surface area contributed by atoms with E-state index in [4.69, 9.17) is 130 Å². The van der Waals surface area contributed by atoms with Crippen LogP contribution in [0, 0.1) is 12.7 Å². The lowest BCUT2D eigenvalue weighted by Gasteiger charge is -2.04. The van der Waals surface area contributed by atoms with Gasteiger partial charge in [-0.15, -0.1) is 11.6 Å². The molecule has 0 saturated heterocycles. The van der Waals surface area contributed by atoms with Crippen LogP contribution in [-0.4, -0.2) is 62.3 Å². The van der Waals surface area contributed by atoms with Crippen molar-refractivity contribution < 1.29 is 57.0 Å². The van der Waals surface area contributed by atoms with Crippen molar-refractivity contribution in [2.24, 2.45) is 0 Å². The number of alkyl halides is 1. The van der Waals surface area contributed by atoms with Crippen LogP contribution < -0.4 is 14.2 Å². The molecule has 0 aliphatic heterocycles. The summed E-state index contributed by atoms with van der Waals surface area (Å²) in [6.07, 6.45) is 2.15. The van der Waals surface area contributed by atoms with Crippen molar-refractivity contribution in [1.82, 2.24) is 0 Å². The second kappa shape index (κ2) is 46.0. The maximum Gasteiger partial charge on any atom is 0.252 e. The first-order valence-corrected chi connectivity index (χ1v) is 30.1. The van der Waals surface area contributed by atoms with Crippen LogP contribution in [0.2, 0.25) is 5.02 Å². The molecule has 0 radical (unpaired) electrons. The van der Waals surface area contributed by atoms with Gasteiger partial charge < -0.3 is 14.2 Å². The zero-order valence-electron chi connectivity index (χ0n) is 47.0. The first-order valence-electron chi connectivity index (χ1n) is 25.4. The lowest BCUT2D eigenvalue weighted by Crippen LogP contribution is -1.96. The number of hydrogen-bond donors (Lipinski definition) is 0. The first kappa shape index (κ1) is 79.8. The normalized spacial score (nSPS) is 9.50. The summed E-state index contributed by atoms with van der Waals surface area (Å²) in [5.74, 6) is 2.27. The van der Waals surface area contributed by atoms with Crippen molar-refractivity contribution >= 4 is 174 Å². The van der Waals surface area contributed by atoms with Crippen molar-refractivity contribution in [2.45, 2.75) is 39.5 Å². The van der Waals surface area contributed by atoms with Crippen molar-refractivity contribution in [2.75, 3.05) is 20.3 Å². The molecule has 0 aliphatic carbocycles. The van der Waals surface area contributed by atoms with E-state index in [0.29, 0.717) is 74.4 Å². The minimum atomic E-state index is -0.569. The van der Waals surface area contributed by atoms with E-state index in [0.717, 1.165) is 39.9 Å². The number of carbonyl (C=O) groups is 8. The van der Waals surface area contributed by atoms with E-state index in [1.165, 1.54) is 24.3 Å². The molecule has 0 atom stereocenters. The molecule has 0 fully saturated rings. The molecule has 0 bridgehead atoms. The SMILES string of the molecule is CCCCOc1ccc(C(=O)Cl)cc1.CCOc1ccc(C(=O)Cl)cc1.COc1ccc(C(=O)Cl)cc1.Cc1cccc(C(=O)Cl)c1.O=C(Cl)c1ccc(Br)cc1.O=C(Cl)c1ccc(Cl)cc1.O=C(Cl)c1ccc(F)cc1.O=C(Cl)c1cccc(CCl)c1. The lowest BCUT2D eigenvalue weighted by molar-refractivity contribution is 0.107. The van der Waals surface area contributed by atoms with E-state index in [1.807, 2.05) is 32.0 Å². The van der Waals surface area contributed by atoms with E-state index < -0.39 is 41.9 Å². The van der Waals surface area contributed by atoms with Gasteiger partial charge in [0.25, 0.3) is 41.9 Å². The second-order valence-electron chi connectivity index (χ2n) is 16.8. The van der Waals surface area contributed by atoms with Crippen LogP contribution in [0.5, 0.6) is 17.2 Å². The minimum Gasteiger partial charge on any atom is -0.497 e. The van der Waals surface area contributed by atoms with Gasteiger partial charge in [0.05, 0.1) is 20.3 Å². The van der Waals surface area contributed by atoms with Gasteiger partial charge in [0.2, 0.25) is 0 Å². The van der Waals surface area contributed by atoms with E-state index in [2.05, 4.69) is 22.9 Å². The first-order chi connectivity index (χ1) is 41.7. The molecule has 0 saturated carbocycles. The zero-order valence-corrected chi connectivity index (χ0v) is 56.2. The van der Waals surface area contributed by atoms with Crippen LogP contribution in [0.3, 0.4) is 0 Å². The van der Waals surface area contributed by atoms with E-state index >= 15 is 0 Å². The average molecular weight is 1460 g/mol. The molecule has 464 valence electrons. The number of carbonyl (C=O) groups excluding carboxylic acids is 8. The predicted molar refractivity (Wildman–Crippen MR) is 358 cm³/mol. The summed E-state index contributed by atoms with van der Waals surface area (Å²) in [5, 5.41) is -3.04. The van der Waals surface area contributed by atoms with Gasteiger partial charge in [-0.05, 0) is 276 Å². The summed E-state index contributed by atoms with van der Waals surface area (Å²) in [5.41, 5.74) is 5.75. The summed E-state index contributed by atoms with van der Waals surface area (Å²) >= 11 is 56.1. The Morgan fingerprint density at radius 1 is 0.420 bits per heavy atom. The lowest BCUT2D eigenvalue weighted by atomic mass is 10.2.